The molecule has 0 unspecified atom stereocenters. The van der Waals surface area contributed by atoms with Crippen molar-refractivity contribution in [1.82, 2.24) is 4.90 Å². The van der Waals surface area contributed by atoms with E-state index in [9.17, 15) is 9.59 Å². The van der Waals surface area contributed by atoms with Gasteiger partial charge >= 0.3 is 0 Å². The van der Waals surface area contributed by atoms with Gasteiger partial charge in [0.1, 0.15) is 0 Å². The molecule has 0 spiro atoms. The first kappa shape index (κ1) is 13.0. The topological polar surface area (TPSA) is 37.4 Å². The molecular weight excluding hydrogens is 294 g/mol. The van der Waals surface area contributed by atoms with Gasteiger partial charge < -0.3 is 0 Å². The molecule has 1 aromatic rings. The number of amides is 2. The molecule has 1 aliphatic rings. The quantitative estimate of drug-likeness (QED) is 0.802. The zero-order valence-electron chi connectivity index (χ0n) is 10.1. The Morgan fingerprint density at radius 3 is 2.39 bits per heavy atom. The highest BCUT2D eigenvalue weighted by Gasteiger charge is 2.36. The van der Waals surface area contributed by atoms with Crippen LogP contribution in [0.1, 0.15) is 25.3 Å². The fraction of sp³-hybridized carbons (Fsp3) is 0.286. The maximum Gasteiger partial charge on any atom is 0.268 e. The van der Waals surface area contributed by atoms with Gasteiger partial charge in [0.25, 0.3) is 11.8 Å². The van der Waals surface area contributed by atoms with Crippen LogP contribution in [0.5, 0.6) is 0 Å². The number of unbranched alkanes of at least 4 members (excludes halogenated alkanes) is 1. The molecule has 3 nitrogen and oxygen atoms in total. The van der Waals surface area contributed by atoms with E-state index in [1.165, 1.54) is 4.90 Å². The van der Waals surface area contributed by atoms with E-state index in [0.29, 0.717) is 16.6 Å². The number of benzene rings is 1. The molecule has 0 bridgehead atoms. The number of halogens is 1. The normalized spacial score (nSPS) is 15.8. The van der Waals surface area contributed by atoms with Gasteiger partial charge in [0.05, 0.1) is 10.1 Å². The smallest absolute Gasteiger partial charge is 0.268 e. The molecule has 94 valence electrons. The van der Waals surface area contributed by atoms with Gasteiger partial charge in [-0.15, -0.1) is 0 Å². The van der Waals surface area contributed by atoms with Crippen molar-refractivity contribution < 1.29 is 9.59 Å². The predicted octanol–water partition coefficient (Wildman–Crippen LogP) is 2.96. The molecular formula is C14H14BrNO2. The van der Waals surface area contributed by atoms with Crippen LogP contribution in [0, 0.1) is 0 Å². The molecule has 0 radical (unpaired) electrons. The first-order valence-electron chi connectivity index (χ1n) is 5.98. The minimum atomic E-state index is -0.229. The molecule has 0 aliphatic carbocycles. The van der Waals surface area contributed by atoms with Crippen LogP contribution in [0.3, 0.4) is 0 Å². The predicted molar refractivity (Wildman–Crippen MR) is 73.9 cm³/mol. The number of carbonyl (C=O) groups excluding carboxylic acids is 2. The summed E-state index contributed by atoms with van der Waals surface area (Å²) in [6.07, 6.45) is 1.79. The molecule has 4 heteroatoms. The minimum absolute atomic E-state index is 0.202. The number of carbonyl (C=O) groups is 2. The van der Waals surface area contributed by atoms with Crippen LogP contribution >= 0.6 is 15.9 Å². The van der Waals surface area contributed by atoms with Gasteiger partial charge in [-0.25, -0.2) is 0 Å². The molecule has 18 heavy (non-hydrogen) atoms. The van der Waals surface area contributed by atoms with Crippen molar-refractivity contribution in [3.8, 4) is 0 Å². The van der Waals surface area contributed by atoms with E-state index in [2.05, 4.69) is 15.9 Å². The van der Waals surface area contributed by atoms with Crippen molar-refractivity contribution in [2.45, 2.75) is 19.8 Å². The molecule has 0 N–H and O–H groups in total. The number of imide groups is 1. The molecule has 0 fully saturated rings. The zero-order valence-corrected chi connectivity index (χ0v) is 11.7. The standard InChI is InChI=1S/C14H14BrNO2/c1-2-3-9-16-13(17)11(12(15)14(16)18)10-7-5-4-6-8-10/h4-8H,2-3,9H2,1H3. The van der Waals surface area contributed by atoms with E-state index in [4.69, 9.17) is 0 Å². The highest BCUT2D eigenvalue weighted by Crippen LogP contribution is 2.32. The fourth-order valence-electron chi connectivity index (χ4n) is 1.92. The second-order valence-corrected chi connectivity index (χ2v) is 4.96. The first-order valence-corrected chi connectivity index (χ1v) is 6.77. The Bertz CT molecular complexity index is 508. The van der Waals surface area contributed by atoms with Crippen LogP contribution in [0.4, 0.5) is 0 Å². The summed E-state index contributed by atoms with van der Waals surface area (Å²) < 4.78 is 0.370. The highest BCUT2D eigenvalue weighted by molar-refractivity contribution is 9.12. The molecule has 0 aromatic heterocycles. The van der Waals surface area contributed by atoms with Crippen LogP contribution < -0.4 is 0 Å². The van der Waals surface area contributed by atoms with Gasteiger partial charge in [-0.2, -0.15) is 0 Å². The maximum absolute atomic E-state index is 12.2. The summed E-state index contributed by atoms with van der Waals surface area (Å²) in [5.41, 5.74) is 1.25. The van der Waals surface area contributed by atoms with Crippen LogP contribution in [0.15, 0.2) is 34.8 Å². The van der Waals surface area contributed by atoms with Gasteiger partial charge in [-0.1, -0.05) is 43.7 Å². The van der Waals surface area contributed by atoms with E-state index in [1.54, 1.807) is 0 Å². The second kappa shape index (κ2) is 5.48. The third-order valence-electron chi connectivity index (χ3n) is 2.91. The van der Waals surface area contributed by atoms with Crippen molar-refractivity contribution in [1.29, 1.82) is 0 Å². The maximum atomic E-state index is 12.2. The average molecular weight is 308 g/mol. The van der Waals surface area contributed by atoms with E-state index in [-0.39, 0.29) is 11.8 Å². The van der Waals surface area contributed by atoms with Gasteiger partial charge in [0.2, 0.25) is 0 Å². The van der Waals surface area contributed by atoms with Crippen LogP contribution in [0.25, 0.3) is 5.57 Å². The summed E-state index contributed by atoms with van der Waals surface area (Å²) in [6, 6.07) is 9.27. The van der Waals surface area contributed by atoms with Crippen molar-refractivity contribution in [2.75, 3.05) is 6.54 Å². The van der Waals surface area contributed by atoms with E-state index in [1.807, 2.05) is 37.3 Å². The largest absolute Gasteiger partial charge is 0.274 e. The van der Waals surface area contributed by atoms with Gasteiger partial charge in [0.15, 0.2) is 0 Å². The van der Waals surface area contributed by atoms with Gasteiger partial charge in [-0.3, -0.25) is 14.5 Å². The van der Waals surface area contributed by atoms with Crippen molar-refractivity contribution in [2.24, 2.45) is 0 Å². The Morgan fingerprint density at radius 1 is 1.11 bits per heavy atom. The lowest BCUT2D eigenvalue weighted by Crippen LogP contribution is -2.32. The zero-order chi connectivity index (χ0) is 13.1. The fourth-order valence-corrected chi connectivity index (χ4v) is 2.53. The number of hydrogen-bond donors (Lipinski definition) is 0. The summed E-state index contributed by atoms with van der Waals surface area (Å²) in [7, 11) is 0. The third-order valence-corrected chi connectivity index (χ3v) is 3.64. The molecule has 0 saturated carbocycles. The van der Waals surface area contributed by atoms with E-state index in [0.717, 1.165) is 18.4 Å². The lowest BCUT2D eigenvalue weighted by Gasteiger charge is -2.13. The van der Waals surface area contributed by atoms with Crippen LogP contribution in [0.2, 0.25) is 0 Å². The summed E-state index contributed by atoms with van der Waals surface area (Å²) in [5, 5.41) is 0. The molecule has 2 rings (SSSR count). The molecule has 2 amide bonds. The van der Waals surface area contributed by atoms with Crippen molar-refractivity contribution >= 4 is 33.3 Å². The Morgan fingerprint density at radius 2 is 1.78 bits per heavy atom. The monoisotopic (exact) mass is 307 g/mol. The number of nitrogens with zero attached hydrogens (tertiary/aromatic N) is 1. The second-order valence-electron chi connectivity index (χ2n) is 4.17. The van der Waals surface area contributed by atoms with Gasteiger partial charge in [0, 0.05) is 6.54 Å². The van der Waals surface area contributed by atoms with Gasteiger partial charge in [-0.05, 0) is 27.9 Å². The summed E-state index contributed by atoms with van der Waals surface area (Å²) in [5.74, 6) is -0.432. The average Bonchev–Trinajstić information content (AvgIpc) is 2.60. The Kier molecular flexibility index (Phi) is 3.97. The number of rotatable bonds is 4. The Balaban J connectivity index is 2.32. The van der Waals surface area contributed by atoms with Crippen molar-refractivity contribution in [3.05, 3.63) is 40.4 Å². The molecule has 0 atom stereocenters. The SMILES string of the molecule is CCCCN1C(=O)C(Br)=C(c2ccccc2)C1=O. The van der Waals surface area contributed by atoms with E-state index >= 15 is 0 Å². The highest BCUT2D eigenvalue weighted by atomic mass is 79.9. The van der Waals surface area contributed by atoms with Crippen molar-refractivity contribution in [3.63, 3.8) is 0 Å². The summed E-state index contributed by atoms with van der Waals surface area (Å²) in [6.45, 7) is 2.52. The summed E-state index contributed by atoms with van der Waals surface area (Å²) >= 11 is 3.25. The lowest BCUT2D eigenvalue weighted by molar-refractivity contribution is -0.136. The Labute approximate surface area is 115 Å². The van der Waals surface area contributed by atoms with E-state index < -0.39 is 0 Å². The molecule has 1 aromatic carbocycles. The number of hydrogen-bond acceptors (Lipinski definition) is 2. The Hall–Kier alpha value is -1.42. The first-order chi connectivity index (χ1) is 8.66. The molecule has 1 heterocycles. The summed E-state index contributed by atoms with van der Waals surface area (Å²) in [4.78, 5) is 25.6. The minimum Gasteiger partial charge on any atom is -0.274 e. The molecule has 0 saturated heterocycles. The van der Waals surface area contributed by atoms with Crippen LogP contribution in [-0.4, -0.2) is 23.3 Å². The molecule has 1 aliphatic heterocycles. The van der Waals surface area contributed by atoms with Crippen LogP contribution in [-0.2, 0) is 9.59 Å². The third kappa shape index (κ3) is 2.25. The lowest BCUT2D eigenvalue weighted by atomic mass is 10.1.